The number of carbonyl (C=O) groups excluding carboxylic acids is 2. The predicted molar refractivity (Wildman–Crippen MR) is 139 cm³/mol. The summed E-state index contributed by atoms with van der Waals surface area (Å²) in [5, 5.41) is 12.7. The molecule has 1 saturated heterocycles. The molecule has 2 heterocycles. The van der Waals surface area contributed by atoms with Crippen LogP contribution in [0.25, 0.3) is 5.69 Å². The van der Waals surface area contributed by atoms with Gasteiger partial charge in [0.15, 0.2) is 5.16 Å². The second kappa shape index (κ2) is 12.0. The van der Waals surface area contributed by atoms with E-state index in [0.717, 1.165) is 41.8 Å². The first-order chi connectivity index (χ1) is 17.0. The topological polar surface area (TPSA) is 80.1 Å². The number of benzene rings is 2. The molecule has 35 heavy (non-hydrogen) atoms. The van der Waals surface area contributed by atoms with Crippen LogP contribution in [0.1, 0.15) is 48.2 Å². The molecular formula is C27H33N5O2S. The first kappa shape index (κ1) is 25.0. The number of nitrogens with one attached hydrogen (secondary N) is 1. The number of rotatable bonds is 11. The number of hydrogen-bond donors (Lipinski definition) is 1. The Kier molecular flexibility index (Phi) is 8.58. The minimum absolute atomic E-state index is 0.00920. The Morgan fingerprint density at radius 1 is 1.03 bits per heavy atom. The van der Waals surface area contributed by atoms with Crippen molar-refractivity contribution in [1.82, 2.24) is 25.0 Å². The lowest BCUT2D eigenvalue weighted by Gasteiger charge is -2.15. The van der Waals surface area contributed by atoms with Gasteiger partial charge in [0, 0.05) is 50.3 Å². The Morgan fingerprint density at radius 3 is 2.43 bits per heavy atom. The van der Waals surface area contributed by atoms with Gasteiger partial charge in [-0.05, 0) is 44.4 Å². The van der Waals surface area contributed by atoms with Crippen molar-refractivity contribution in [2.45, 2.75) is 56.9 Å². The standard InChI is InChI=1S/C27H33N5O2S/c1-20-6-10-22(11-7-20)19-35-27-30-29-24(32(27)23-12-8-21(2)9-13-23)14-15-25(33)28-16-4-18-31-17-3-5-26(31)34/h6-13H,3-5,14-19H2,1-2H3,(H,28,33). The highest BCUT2D eigenvalue weighted by molar-refractivity contribution is 7.98. The van der Waals surface area contributed by atoms with E-state index in [0.29, 0.717) is 32.4 Å². The fourth-order valence-corrected chi connectivity index (χ4v) is 5.02. The summed E-state index contributed by atoms with van der Waals surface area (Å²) < 4.78 is 2.06. The van der Waals surface area contributed by atoms with Crippen LogP contribution in [0.5, 0.6) is 0 Å². The molecule has 0 bridgehead atoms. The summed E-state index contributed by atoms with van der Waals surface area (Å²) in [5.41, 5.74) is 4.66. The number of aromatic nitrogens is 3. The lowest BCUT2D eigenvalue weighted by Crippen LogP contribution is -2.30. The van der Waals surface area contributed by atoms with Crippen molar-refractivity contribution in [2.75, 3.05) is 19.6 Å². The normalized spacial score (nSPS) is 13.4. The fraction of sp³-hybridized carbons (Fsp3) is 0.407. The molecule has 184 valence electrons. The van der Waals surface area contributed by atoms with Gasteiger partial charge in [-0.2, -0.15) is 0 Å². The first-order valence-corrected chi connectivity index (χ1v) is 13.2. The van der Waals surface area contributed by atoms with E-state index >= 15 is 0 Å². The Morgan fingerprint density at radius 2 is 1.74 bits per heavy atom. The maximum Gasteiger partial charge on any atom is 0.222 e. The molecule has 1 aliphatic rings. The van der Waals surface area contributed by atoms with Gasteiger partial charge in [0.2, 0.25) is 11.8 Å². The van der Waals surface area contributed by atoms with Crippen molar-refractivity contribution in [3.8, 4) is 5.69 Å². The molecule has 1 N–H and O–H groups in total. The number of thioether (sulfide) groups is 1. The van der Waals surface area contributed by atoms with Crippen molar-refractivity contribution < 1.29 is 9.59 Å². The molecule has 0 spiro atoms. The molecule has 0 unspecified atom stereocenters. The Hall–Kier alpha value is -3.13. The summed E-state index contributed by atoms with van der Waals surface area (Å²) in [7, 11) is 0. The van der Waals surface area contributed by atoms with E-state index in [2.05, 4.69) is 82.5 Å². The van der Waals surface area contributed by atoms with Crippen LogP contribution >= 0.6 is 11.8 Å². The van der Waals surface area contributed by atoms with E-state index in [1.165, 1.54) is 16.7 Å². The molecule has 2 amide bonds. The molecule has 0 atom stereocenters. The van der Waals surface area contributed by atoms with E-state index in [1.807, 2.05) is 4.90 Å². The van der Waals surface area contributed by atoms with Crippen molar-refractivity contribution in [1.29, 1.82) is 0 Å². The van der Waals surface area contributed by atoms with Gasteiger partial charge in [-0.3, -0.25) is 14.2 Å². The second-order valence-electron chi connectivity index (χ2n) is 9.03. The molecule has 0 saturated carbocycles. The van der Waals surface area contributed by atoms with Crippen LogP contribution in [-0.2, 0) is 21.8 Å². The van der Waals surface area contributed by atoms with Gasteiger partial charge in [-0.15, -0.1) is 10.2 Å². The molecule has 7 nitrogen and oxygen atoms in total. The van der Waals surface area contributed by atoms with Gasteiger partial charge < -0.3 is 10.2 Å². The van der Waals surface area contributed by atoms with E-state index < -0.39 is 0 Å². The third kappa shape index (κ3) is 6.94. The molecule has 1 aromatic heterocycles. The maximum absolute atomic E-state index is 12.5. The van der Waals surface area contributed by atoms with Crippen molar-refractivity contribution >= 4 is 23.6 Å². The van der Waals surface area contributed by atoms with E-state index in [1.54, 1.807) is 11.8 Å². The van der Waals surface area contributed by atoms with Crippen LogP contribution in [0.15, 0.2) is 53.7 Å². The smallest absolute Gasteiger partial charge is 0.222 e. The molecule has 4 rings (SSSR count). The van der Waals surface area contributed by atoms with Crippen LogP contribution in [0.2, 0.25) is 0 Å². The quantitative estimate of drug-likeness (QED) is 0.321. The fourth-order valence-electron chi connectivity index (χ4n) is 4.09. The summed E-state index contributed by atoms with van der Waals surface area (Å²) in [6, 6.07) is 16.8. The van der Waals surface area contributed by atoms with Crippen molar-refractivity contribution in [3.05, 3.63) is 71.0 Å². The van der Waals surface area contributed by atoms with E-state index in [-0.39, 0.29) is 11.8 Å². The highest BCUT2D eigenvalue weighted by atomic mass is 32.2. The molecule has 0 aliphatic carbocycles. The molecule has 8 heteroatoms. The highest BCUT2D eigenvalue weighted by Crippen LogP contribution is 2.26. The van der Waals surface area contributed by atoms with Crippen LogP contribution in [0.4, 0.5) is 0 Å². The number of carbonyl (C=O) groups is 2. The molecule has 3 aromatic rings. The molecular weight excluding hydrogens is 458 g/mol. The average Bonchev–Trinajstić information content (AvgIpc) is 3.46. The minimum Gasteiger partial charge on any atom is -0.356 e. The minimum atomic E-state index is -0.00920. The zero-order valence-corrected chi connectivity index (χ0v) is 21.3. The van der Waals surface area contributed by atoms with Crippen molar-refractivity contribution in [2.24, 2.45) is 0 Å². The zero-order valence-electron chi connectivity index (χ0n) is 20.5. The van der Waals surface area contributed by atoms with Crippen molar-refractivity contribution in [3.63, 3.8) is 0 Å². The molecule has 0 radical (unpaired) electrons. The number of aryl methyl sites for hydroxylation is 3. The average molecular weight is 492 g/mol. The van der Waals surface area contributed by atoms with Crippen LogP contribution in [0.3, 0.4) is 0 Å². The maximum atomic E-state index is 12.5. The SMILES string of the molecule is Cc1ccc(CSc2nnc(CCC(=O)NCCCN3CCCC3=O)n2-c2ccc(C)cc2)cc1. The summed E-state index contributed by atoms with van der Waals surface area (Å²) in [5.74, 6) is 1.79. The van der Waals surface area contributed by atoms with Gasteiger partial charge in [0.05, 0.1) is 0 Å². The largest absolute Gasteiger partial charge is 0.356 e. The van der Waals surface area contributed by atoms with Crippen LogP contribution < -0.4 is 5.32 Å². The number of amides is 2. The van der Waals surface area contributed by atoms with Crippen LogP contribution in [0, 0.1) is 13.8 Å². The second-order valence-corrected chi connectivity index (χ2v) is 9.97. The highest BCUT2D eigenvalue weighted by Gasteiger charge is 2.19. The lowest BCUT2D eigenvalue weighted by atomic mass is 10.2. The first-order valence-electron chi connectivity index (χ1n) is 12.2. The van der Waals surface area contributed by atoms with E-state index in [9.17, 15) is 9.59 Å². The number of nitrogens with zero attached hydrogens (tertiary/aromatic N) is 4. The molecule has 1 aliphatic heterocycles. The van der Waals surface area contributed by atoms with Gasteiger partial charge in [0.25, 0.3) is 0 Å². The van der Waals surface area contributed by atoms with Gasteiger partial charge in [0.1, 0.15) is 5.82 Å². The lowest BCUT2D eigenvalue weighted by molar-refractivity contribution is -0.127. The van der Waals surface area contributed by atoms with Gasteiger partial charge in [-0.1, -0.05) is 59.3 Å². The predicted octanol–water partition coefficient (Wildman–Crippen LogP) is 4.24. The molecule has 1 fully saturated rings. The zero-order chi connectivity index (χ0) is 24.6. The molecule has 2 aromatic carbocycles. The number of likely N-dealkylation sites (tertiary alicyclic amines) is 1. The summed E-state index contributed by atoms with van der Waals surface area (Å²) >= 11 is 1.65. The van der Waals surface area contributed by atoms with Gasteiger partial charge >= 0.3 is 0 Å². The number of hydrogen-bond acceptors (Lipinski definition) is 5. The Labute approximate surface area is 211 Å². The summed E-state index contributed by atoms with van der Waals surface area (Å²) in [4.78, 5) is 26.0. The van der Waals surface area contributed by atoms with E-state index in [4.69, 9.17) is 0 Å². The monoisotopic (exact) mass is 491 g/mol. The van der Waals surface area contributed by atoms with Gasteiger partial charge in [-0.25, -0.2) is 0 Å². The van der Waals surface area contributed by atoms with Crippen LogP contribution in [-0.4, -0.2) is 51.1 Å². The Bertz CT molecular complexity index is 1140. The summed E-state index contributed by atoms with van der Waals surface area (Å²) in [6.45, 7) is 6.27. The summed E-state index contributed by atoms with van der Waals surface area (Å²) in [6.07, 6.45) is 3.21. The Balaban J connectivity index is 1.36. The third-order valence-electron chi connectivity index (χ3n) is 6.16. The third-order valence-corrected chi connectivity index (χ3v) is 7.16.